The number of thiophene rings is 1. The van der Waals surface area contributed by atoms with Crippen molar-refractivity contribution >= 4 is 27.3 Å². The van der Waals surface area contributed by atoms with Gasteiger partial charge < -0.3 is 0 Å². The van der Waals surface area contributed by atoms with Crippen molar-refractivity contribution in [3.8, 4) is 0 Å². The molecule has 1 heterocycles. The lowest BCUT2D eigenvalue weighted by Crippen LogP contribution is -2.39. The molecule has 3 N–H and O–H groups in total. The van der Waals surface area contributed by atoms with E-state index in [-0.39, 0.29) is 6.42 Å². The van der Waals surface area contributed by atoms with E-state index in [4.69, 9.17) is 5.84 Å². The van der Waals surface area contributed by atoms with Crippen LogP contribution in [-0.2, 0) is 6.42 Å². The third-order valence-electron chi connectivity index (χ3n) is 1.79. The largest absolute Gasteiger partial charge is 0.390 e. The van der Waals surface area contributed by atoms with Crippen molar-refractivity contribution in [3.63, 3.8) is 0 Å². The van der Waals surface area contributed by atoms with E-state index < -0.39 is 18.6 Å². The van der Waals surface area contributed by atoms with Crippen LogP contribution >= 0.6 is 27.3 Å². The van der Waals surface area contributed by atoms with Crippen LogP contribution in [0.2, 0.25) is 0 Å². The topological polar surface area (TPSA) is 38.0 Å². The molecule has 0 radical (unpaired) electrons. The van der Waals surface area contributed by atoms with Crippen LogP contribution in [0.25, 0.3) is 0 Å². The van der Waals surface area contributed by atoms with Gasteiger partial charge >= 0.3 is 6.18 Å². The zero-order valence-corrected chi connectivity index (χ0v) is 10.0. The molecule has 0 aliphatic carbocycles. The molecule has 0 aliphatic heterocycles. The number of rotatable bonds is 4. The summed E-state index contributed by atoms with van der Waals surface area (Å²) in [4.78, 5) is 0.870. The van der Waals surface area contributed by atoms with Gasteiger partial charge in [0, 0.05) is 10.9 Å². The highest BCUT2D eigenvalue weighted by atomic mass is 79.9. The van der Waals surface area contributed by atoms with Crippen LogP contribution in [0, 0.1) is 0 Å². The summed E-state index contributed by atoms with van der Waals surface area (Å²) < 4.78 is 37.2. The van der Waals surface area contributed by atoms with E-state index in [2.05, 4.69) is 21.4 Å². The maximum absolute atomic E-state index is 12.1. The zero-order valence-electron chi connectivity index (χ0n) is 7.64. The Hall–Kier alpha value is -0.110. The first-order valence-electron chi connectivity index (χ1n) is 4.18. The molecule has 1 rings (SSSR count). The van der Waals surface area contributed by atoms with E-state index in [9.17, 15) is 13.2 Å². The molecule has 0 amide bonds. The van der Waals surface area contributed by atoms with Crippen molar-refractivity contribution in [3.05, 3.63) is 20.8 Å². The third-order valence-corrected chi connectivity index (χ3v) is 3.44. The fourth-order valence-corrected chi connectivity index (χ4v) is 2.74. The molecule has 1 aromatic heterocycles. The molecule has 0 aromatic carbocycles. The number of nitrogens with one attached hydrogen (secondary N) is 1. The summed E-state index contributed by atoms with van der Waals surface area (Å²) in [7, 11) is 0. The minimum absolute atomic E-state index is 0.284. The molecule has 1 atom stereocenters. The first kappa shape index (κ1) is 13.0. The minimum Gasteiger partial charge on any atom is -0.271 e. The van der Waals surface area contributed by atoms with Crippen molar-refractivity contribution in [2.24, 2.45) is 5.84 Å². The van der Waals surface area contributed by atoms with Gasteiger partial charge in [-0.25, -0.2) is 0 Å². The van der Waals surface area contributed by atoms with E-state index in [0.29, 0.717) is 0 Å². The molecular formula is C8H10BrF3N2S. The summed E-state index contributed by atoms with van der Waals surface area (Å²) >= 11 is 4.66. The maximum atomic E-state index is 12.1. The number of alkyl halides is 3. The van der Waals surface area contributed by atoms with Gasteiger partial charge in [-0.1, -0.05) is 0 Å². The first-order valence-corrected chi connectivity index (χ1v) is 5.79. The number of nitrogens with two attached hydrogens (primary N) is 1. The maximum Gasteiger partial charge on any atom is 0.390 e. The highest BCUT2D eigenvalue weighted by molar-refractivity contribution is 9.11. The predicted molar refractivity (Wildman–Crippen MR) is 57.5 cm³/mol. The lowest BCUT2D eigenvalue weighted by molar-refractivity contribution is -0.139. The summed E-state index contributed by atoms with van der Waals surface area (Å²) in [5, 5.41) is 0. The fraction of sp³-hybridized carbons (Fsp3) is 0.500. The molecule has 0 bridgehead atoms. The third kappa shape index (κ3) is 4.96. The molecule has 0 fully saturated rings. The Bertz CT molecular complexity index is 313. The van der Waals surface area contributed by atoms with Crippen LogP contribution in [0.5, 0.6) is 0 Å². The van der Waals surface area contributed by atoms with Crippen molar-refractivity contribution in [1.82, 2.24) is 5.43 Å². The average Bonchev–Trinajstić information content (AvgIpc) is 2.47. The Morgan fingerprint density at radius 2 is 2.13 bits per heavy atom. The van der Waals surface area contributed by atoms with Gasteiger partial charge in [-0.15, -0.1) is 11.3 Å². The SMILES string of the molecule is NNC(Cc1ccc(Br)s1)CC(F)(F)F. The molecule has 7 heteroatoms. The molecular weight excluding hydrogens is 293 g/mol. The van der Waals surface area contributed by atoms with Gasteiger partial charge in [-0.05, 0) is 34.5 Å². The fourth-order valence-electron chi connectivity index (χ4n) is 1.17. The number of halogens is 4. The van der Waals surface area contributed by atoms with Crippen LogP contribution in [0.4, 0.5) is 13.2 Å². The summed E-state index contributed by atoms with van der Waals surface area (Å²) in [6, 6.07) is 2.83. The van der Waals surface area contributed by atoms with E-state index in [0.717, 1.165) is 8.66 Å². The summed E-state index contributed by atoms with van der Waals surface area (Å²) in [5.74, 6) is 5.08. The Kier molecular flexibility index (Phi) is 4.57. The standard InChI is InChI=1S/C8H10BrF3N2S/c9-7-2-1-6(15-7)3-5(14-13)4-8(10,11)12/h1-2,5,14H,3-4,13H2. The highest BCUT2D eigenvalue weighted by Gasteiger charge is 2.31. The minimum atomic E-state index is -4.19. The van der Waals surface area contributed by atoms with Crippen molar-refractivity contribution in [2.75, 3.05) is 0 Å². The highest BCUT2D eigenvalue weighted by Crippen LogP contribution is 2.26. The number of hydrogen-bond acceptors (Lipinski definition) is 3. The summed E-state index contributed by atoms with van der Waals surface area (Å²) in [5.41, 5.74) is 2.19. The average molecular weight is 303 g/mol. The van der Waals surface area contributed by atoms with Crippen molar-refractivity contribution in [2.45, 2.75) is 25.1 Å². The normalized spacial score (nSPS) is 14.2. The van der Waals surface area contributed by atoms with E-state index in [1.807, 2.05) is 0 Å². The first-order chi connectivity index (χ1) is 6.90. The van der Waals surface area contributed by atoms with Crippen LogP contribution in [0.15, 0.2) is 15.9 Å². The van der Waals surface area contributed by atoms with Gasteiger partial charge in [-0.3, -0.25) is 11.3 Å². The van der Waals surface area contributed by atoms with Crippen LogP contribution in [-0.4, -0.2) is 12.2 Å². The lowest BCUT2D eigenvalue weighted by atomic mass is 10.1. The monoisotopic (exact) mass is 302 g/mol. The van der Waals surface area contributed by atoms with Gasteiger partial charge in [0.05, 0.1) is 10.2 Å². The predicted octanol–water partition coefficient (Wildman–Crippen LogP) is 2.84. The van der Waals surface area contributed by atoms with E-state index >= 15 is 0 Å². The molecule has 0 spiro atoms. The molecule has 1 unspecified atom stereocenters. The molecule has 86 valence electrons. The molecule has 15 heavy (non-hydrogen) atoms. The molecule has 2 nitrogen and oxygen atoms in total. The van der Waals surface area contributed by atoms with Crippen LogP contribution in [0.1, 0.15) is 11.3 Å². The number of hydrazine groups is 1. The van der Waals surface area contributed by atoms with Gasteiger partial charge in [-0.2, -0.15) is 13.2 Å². The second-order valence-corrected chi connectivity index (χ2v) is 5.64. The molecule has 0 aliphatic rings. The lowest BCUT2D eigenvalue weighted by Gasteiger charge is -2.16. The molecule has 0 saturated carbocycles. The second-order valence-electron chi connectivity index (χ2n) is 3.09. The van der Waals surface area contributed by atoms with Crippen LogP contribution in [0.3, 0.4) is 0 Å². The Balaban J connectivity index is 2.54. The van der Waals surface area contributed by atoms with E-state index in [1.54, 1.807) is 12.1 Å². The molecule has 1 aromatic rings. The Labute approximate surface area is 97.8 Å². The van der Waals surface area contributed by atoms with Gasteiger partial charge in [0.2, 0.25) is 0 Å². The summed E-state index contributed by atoms with van der Waals surface area (Å²) in [6.07, 6.45) is -4.82. The number of hydrogen-bond donors (Lipinski definition) is 2. The van der Waals surface area contributed by atoms with Gasteiger partial charge in [0.1, 0.15) is 0 Å². The van der Waals surface area contributed by atoms with Crippen molar-refractivity contribution in [1.29, 1.82) is 0 Å². The van der Waals surface area contributed by atoms with Gasteiger partial charge in [0.25, 0.3) is 0 Å². The quantitative estimate of drug-likeness (QED) is 0.663. The second kappa shape index (κ2) is 5.29. The van der Waals surface area contributed by atoms with Gasteiger partial charge in [0.15, 0.2) is 0 Å². The van der Waals surface area contributed by atoms with Crippen molar-refractivity contribution < 1.29 is 13.2 Å². The smallest absolute Gasteiger partial charge is 0.271 e. The summed E-state index contributed by atoms with van der Waals surface area (Å²) in [6.45, 7) is 0. The van der Waals surface area contributed by atoms with E-state index in [1.165, 1.54) is 11.3 Å². The Morgan fingerprint density at radius 3 is 2.53 bits per heavy atom. The molecule has 0 saturated heterocycles. The zero-order chi connectivity index (χ0) is 11.5. The Morgan fingerprint density at radius 1 is 1.47 bits per heavy atom. The van der Waals surface area contributed by atoms with Crippen LogP contribution < -0.4 is 11.3 Å².